The number of hydrogen-bond acceptors (Lipinski definition) is 0. The second-order valence-electron chi connectivity index (χ2n) is 3.29. The van der Waals surface area contributed by atoms with Crippen molar-refractivity contribution >= 4 is 28.8 Å². The third-order valence-corrected chi connectivity index (χ3v) is 2.83. The van der Waals surface area contributed by atoms with Crippen LogP contribution < -0.4 is 0 Å². The predicted octanol–water partition coefficient (Wildman–Crippen LogP) is 5.59. The van der Waals surface area contributed by atoms with Crippen molar-refractivity contribution < 1.29 is 26.3 Å². The minimum atomic E-state index is -4.90. The smallest absolute Gasteiger partial charge is 0.166 e. The van der Waals surface area contributed by atoms with Crippen LogP contribution in [-0.4, -0.2) is 6.18 Å². The lowest BCUT2D eigenvalue weighted by molar-refractivity contribution is -0.137. The Kier molecular flexibility index (Phi) is 3.93. The first-order valence-corrected chi connectivity index (χ1v) is 5.03. The summed E-state index contributed by atoms with van der Waals surface area (Å²) in [6.07, 6.45) is -9.75. The van der Waals surface area contributed by atoms with Gasteiger partial charge in [-0.05, 0) is 17.7 Å². The molecule has 0 aliphatic heterocycles. The van der Waals surface area contributed by atoms with Crippen molar-refractivity contribution in [2.24, 2.45) is 0 Å². The minimum absolute atomic E-state index is 0.268. The summed E-state index contributed by atoms with van der Waals surface area (Å²) >= 11 is 10.7. The highest BCUT2D eigenvalue weighted by Crippen LogP contribution is 2.42. The van der Waals surface area contributed by atoms with Crippen molar-refractivity contribution in [3.05, 3.63) is 39.9 Å². The molecule has 0 fully saturated rings. The molecule has 0 aliphatic carbocycles. The summed E-state index contributed by atoms with van der Waals surface area (Å²) in [7, 11) is 0. The zero-order valence-electron chi connectivity index (χ0n) is 8.39. The van der Waals surface area contributed by atoms with E-state index in [4.69, 9.17) is 23.2 Å². The molecule has 0 nitrogen and oxygen atoms in total. The molecule has 0 radical (unpaired) electrons. The van der Waals surface area contributed by atoms with Crippen molar-refractivity contribution in [3.8, 4) is 0 Å². The van der Waals surface area contributed by atoms with Crippen molar-refractivity contribution in [1.29, 1.82) is 0 Å². The van der Waals surface area contributed by atoms with Crippen LogP contribution in [-0.2, 0) is 6.18 Å². The van der Waals surface area contributed by atoms with Gasteiger partial charge in [-0.15, -0.1) is 0 Å². The average molecular weight is 309 g/mol. The minimum Gasteiger partial charge on any atom is -0.166 e. The average Bonchev–Trinajstić information content (AvgIpc) is 2.17. The van der Waals surface area contributed by atoms with Gasteiger partial charge in [-0.1, -0.05) is 29.8 Å². The van der Waals surface area contributed by atoms with Crippen LogP contribution in [0.15, 0.2) is 18.7 Å². The third kappa shape index (κ3) is 3.11. The Morgan fingerprint density at radius 2 is 1.50 bits per heavy atom. The van der Waals surface area contributed by atoms with Gasteiger partial charge in [-0.25, -0.2) is 0 Å². The molecule has 18 heavy (non-hydrogen) atoms. The van der Waals surface area contributed by atoms with E-state index in [1.807, 2.05) is 0 Å². The zero-order chi connectivity index (χ0) is 14.3. The van der Waals surface area contributed by atoms with E-state index in [9.17, 15) is 26.3 Å². The van der Waals surface area contributed by atoms with Crippen LogP contribution in [0.1, 0.15) is 11.1 Å². The largest absolute Gasteiger partial charge is 0.417 e. The highest BCUT2D eigenvalue weighted by atomic mass is 35.5. The topological polar surface area (TPSA) is 0 Å². The van der Waals surface area contributed by atoms with E-state index in [1.165, 1.54) is 0 Å². The van der Waals surface area contributed by atoms with Gasteiger partial charge in [0.15, 0.2) is 0 Å². The first kappa shape index (κ1) is 15.2. The monoisotopic (exact) mass is 308 g/mol. The Bertz CT molecular complexity index is 486. The molecule has 0 bridgehead atoms. The van der Waals surface area contributed by atoms with E-state index in [0.717, 1.165) is 0 Å². The van der Waals surface area contributed by atoms with E-state index in [0.29, 0.717) is 6.07 Å². The maximum absolute atomic E-state index is 12.5. The molecule has 0 aromatic heterocycles. The maximum Gasteiger partial charge on any atom is 0.417 e. The van der Waals surface area contributed by atoms with Crippen molar-refractivity contribution in [3.63, 3.8) is 0 Å². The van der Waals surface area contributed by atoms with Gasteiger partial charge in [0.2, 0.25) is 0 Å². The van der Waals surface area contributed by atoms with Crippen LogP contribution in [0.3, 0.4) is 0 Å². The molecule has 1 rings (SSSR count). The lowest BCUT2D eigenvalue weighted by Gasteiger charge is -2.15. The van der Waals surface area contributed by atoms with Gasteiger partial charge in [-0.3, -0.25) is 0 Å². The Morgan fingerprint density at radius 3 is 1.89 bits per heavy atom. The number of benzene rings is 1. The number of alkyl halides is 6. The van der Waals surface area contributed by atoms with Crippen LogP contribution in [0.25, 0.3) is 5.57 Å². The molecular formula is C10H4Cl2F6. The lowest BCUT2D eigenvalue weighted by Crippen LogP contribution is -2.12. The quantitative estimate of drug-likeness (QED) is 0.593. The lowest BCUT2D eigenvalue weighted by atomic mass is 10.0. The molecule has 100 valence electrons. The normalized spacial score (nSPS) is 12.7. The van der Waals surface area contributed by atoms with Gasteiger partial charge in [0, 0.05) is 0 Å². The van der Waals surface area contributed by atoms with E-state index < -0.39 is 39.1 Å². The van der Waals surface area contributed by atoms with E-state index in [1.54, 1.807) is 0 Å². The van der Waals surface area contributed by atoms with Gasteiger partial charge in [0.1, 0.15) is 0 Å². The van der Waals surface area contributed by atoms with Crippen LogP contribution in [0.4, 0.5) is 26.3 Å². The first-order valence-electron chi connectivity index (χ1n) is 4.27. The maximum atomic E-state index is 12.5. The van der Waals surface area contributed by atoms with Crippen LogP contribution >= 0.6 is 23.2 Å². The third-order valence-electron chi connectivity index (χ3n) is 2.02. The van der Waals surface area contributed by atoms with Crippen molar-refractivity contribution in [1.82, 2.24) is 0 Å². The Labute approximate surface area is 108 Å². The first-order chi connectivity index (χ1) is 7.94. The predicted molar refractivity (Wildman–Crippen MR) is 56.6 cm³/mol. The molecule has 0 atom stereocenters. The van der Waals surface area contributed by atoms with Crippen molar-refractivity contribution in [2.45, 2.75) is 12.4 Å². The Hall–Kier alpha value is -0.880. The second kappa shape index (κ2) is 4.66. The Morgan fingerprint density at radius 1 is 1.00 bits per heavy atom. The fourth-order valence-electron chi connectivity index (χ4n) is 1.13. The number of halogens is 8. The van der Waals surface area contributed by atoms with E-state index in [2.05, 4.69) is 6.58 Å². The fourth-order valence-corrected chi connectivity index (χ4v) is 1.57. The van der Waals surface area contributed by atoms with Crippen LogP contribution in [0.2, 0.25) is 10.0 Å². The molecule has 8 heteroatoms. The molecular weight excluding hydrogens is 305 g/mol. The molecule has 0 amide bonds. The van der Waals surface area contributed by atoms with Crippen LogP contribution in [0, 0.1) is 0 Å². The highest BCUT2D eigenvalue weighted by Gasteiger charge is 2.38. The molecule has 0 heterocycles. The fraction of sp³-hybridized carbons (Fsp3) is 0.200. The second-order valence-corrected chi connectivity index (χ2v) is 4.08. The summed E-state index contributed by atoms with van der Waals surface area (Å²) in [6.45, 7) is 2.70. The standard InChI is InChI=1S/C10H4Cl2F6/c1-4(9(13,14)15)5-2-6(10(16,17)18)8(12)7(11)3-5/h2-3H,1H2. The van der Waals surface area contributed by atoms with Gasteiger partial charge in [0.05, 0.1) is 21.2 Å². The van der Waals surface area contributed by atoms with Crippen molar-refractivity contribution in [2.75, 3.05) is 0 Å². The summed E-state index contributed by atoms with van der Waals surface area (Å²) in [4.78, 5) is 0. The van der Waals surface area contributed by atoms with E-state index >= 15 is 0 Å². The van der Waals surface area contributed by atoms with Gasteiger partial charge in [0.25, 0.3) is 0 Å². The van der Waals surface area contributed by atoms with E-state index in [-0.39, 0.29) is 6.07 Å². The van der Waals surface area contributed by atoms with Gasteiger partial charge in [-0.2, -0.15) is 26.3 Å². The molecule has 1 aromatic rings. The molecule has 0 saturated heterocycles. The number of allylic oxidation sites excluding steroid dienone is 1. The Balaban J connectivity index is 3.43. The highest BCUT2D eigenvalue weighted by molar-refractivity contribution is 6.42. The number of hydrogen-bond donors (Lipinski definition) is 0. The summed E-state index contributed by atoms with van der Waals surface area (Å²) in [5, 5.41) is -1.46. The molecule has 0 N–H and O–H groups in total. The molecule has 1 aromatic carbocycles. The zero-order valence-corrected chi connectivity index (χ0v) is 9.90. The molecule has 0 unspecified atom stereocenters. The number of rotatable bonds is 1. The summed E-state index contributed by atoms with van der Waals surface area (Å²) in [6, 6.07) is 0.957. The SMILES string of the molecule is C=C(c1cc(Cl)c(Cl)c(C(F)(F)F)c1)C(F)(F)F. The molecule has 0 aliphatic rings. The summed E-state index contributed by atoms with van der Waals surface area (Å²) in [5.41, 5.74) is -3.63. The molecule has 0 spiro atoms. The summed E-state index contributed by atoms with van der Waals surface area (Å²) < 4.78 is 74.6. The summed E-state index contributed by atoms with van der Waals surface area (Å²) in [5.74, 6) is 0. The van der Waals surface area contributed by atoms with Crippen LogP contribution in [0.5, 0.6) is 0 Å². The van der Waals surface area contributed by atoms with Gasteiger partial charge >= 0.3 is 12.4 Å². The molecule has 0 saturated carbocycles. The van der Waals surface area contributed by atoms with Gasteiger partial charge < -0.3 is 0 Å².